The van der Waals surface area contributed by atoms with Crippen molar-refractivity contribution in [3.63, 3.8) is 0 Å². The highest BCUT2D eigenvalue weighted by atomic mass is 35.5. The van der Waals surface area contributed by atoms with Gasteiger partial charge in [0.15, 0.2) is 5.82 Å². The summed E-state index contributed by atoms with van der Waals surface area (Å²) < 4.78 is 21.9. The summed E-state index contributed by atoms with van der Waals surface area (Å²) in [5.74, 6) is 1.17. The molecule has 0 saturated heterocycles. The maximum atomic E-state index is 13.8. The minimum absolute atomic E-state index is 0.132. The number of rotatable bonds is 8. The lowest BCUT2D eigenvalue weighted by Gasteiger charge is -2.15. The Labute approximate surface area is 167 Å². The van der Waals surface area contributed by atoms with E-state index in [1.165, 1.54) is 6.07 Å². The Morgan fingerprint density at radius 3 is 2.85 bits per heavy atom. The summed E-state index contributed by atoms with van der Waals surface area (Å²) in [4.78, 5) is 0. The number of H-pyrrole nitrogens is 1. The lowest BCUT2D eigenvalue weighted by Crippen LogP contribution is -2.18. The van der Waals surface area contributed by atoms with Gasteiger partial charge in [-0.3, -0.25) is 5.10 Å². The van der Waals surface area contributed by atoms with Crippen molar-refractivity contribution in [3.05, 3.63) is 75.0 Å². The number of hydrogen-bond acceptors (Lipinski definition) is 4. The van der Waals surface area contributed by atoms with Crippen LogP contribution in [-0.4, -0.2) is 14.9 Å². The van der Waals surface area contributed by atoms with Crippen LogP contribution in [-0.2, 0) is 19.6 Å². The minimum Gasteiger partial charge on any atom is -0.488 e. The van der Waals surface area contributed by atoms with Crippen LogP contribution >= 0.6 is 23.8 Å². The number of aromatic amines is 1. The van der Waals surface area contributed by atoms with Crippen LogP contribution in [0.3, 0.4) is 0 Å². The molecule has 0 radical (unpaired) electrons. The zero-order chi connectivity index (χ0) is 19.2. The molecule has 1 heterocycles. The Kier molecular flexibility index (Phi) is 6.47. The van der Waals surface area contributed by atoms with Crippen molar-refractivity contribution in [2.75, 3.05) is 5.43 Å². The molecule has 142 valence electrons. The molecule has 0 atom stereocenters. The van der Waals surface area contributed by atoms with Crippen LogP contribution in [0.25, 0.3) is 0 Å². The van der Waals surface area contributed by atoms with E-state index in [2.05, 4.69) is 22.5 Å². The van der Waals surface area contributed by atoms with Crippen LogP contribution in [0.15, 0.2) is 42.5 Å². The summed E-state index contributed by atoms with van der Waals surface area (Å²) in [7, 11) is 0. The van der Waals surface area contributed by atoms with Gasteiger partial charge in [0.1, 0.15) is 18.2 Å². The topological polar surface area (TPSA) is 54.9 Å². The smallest absolute Gasteiger partial charge is 0.214 e. The third kappa shape index (κ3) is 4.87. The second-order valence-corrected chi connectivity index (χ2v) is 6.82. The van der Waals surface area contributed by atoms with Crippen LogP contribution in [0.1, 0.15) is 30.3 Å². The molecule has 3 aromatic rings. The first-order chi connectivity index (χ1) is 13.1. The van der Waals surface area contributed by atoms with E-state index < -0.39 is 0 Å². The van der Waals surface area contributed by atoms with Crippen molar-refractivity contribution in [3.8, 4) is 5.75 Å². The molecule has 0 bridgehead atoms. The molecule has 3 rings (SSSR count). The molecule has 0 aliphatic carbocycles. The van der Waals surface area contributed by atoms with Crippen molar-refractivity contribution < 1.29 is 9.13 Å². The molecular weight excluding hydrogens is 387 g/mol. The van der Waals surface area contributed by atoms with Crippen LogP contribution in [0.4, 0.5) is 4.39 Å². The summed E-state index contributed by atoms with van der Waals surface area (Å²) >= 11 is 11.4. The first-order valence-corrected chi connectivity index (χ1v) is 9.42. The normalized spacial score (nSPS) is 10.8. The van der Waals surface area contributed by atoms with Gasteiger partial charge in [0, 0.05) is 22.6 Å². The van der Waals surface area contributed by atoms with E-state index in [-0.39, 0.29) is 12.4 Å². The Bertz CT molecular complexity index is 972. The number of ether oxygens (including phenoxy) is 1. The van der Waals surface area contributed by atoms with Crippen LogP contribution in [0, 0.1) is 10.6 Å². The quantitative estimate of drug-likeness (QED) is 0.516. The molecule has 1 aromatic heterocycles. The van der Waals surface area contributed by atoms with E-state index in [1.807, 2.05) is 6.07 Å². The molecule has 0 aliphatic heterocycles. The molecule has 0 spiro atoms. The number of aromatic nitrogens is 3. The standard InChI is InChI=1S/C19H20ClFN4OS/c1-2-5-18-23-24-19(27)25(18)22-11-14-10-15(20)8-9-17(14)26-12-13-6-3-4-7-16(13)21/h3-4,6-10,22H,2,5,11-12H2,1H3,(H,24,27). The lowest BCUT2D eigenvalue weighted by molar-refractivity contribution is 0.297. The Morgan fingerprint density at radius 2 is 2.07 bits per heavy atom. The molecule has 0 unspecified atom stereocenters. The number of hydrogen-bond donors (Lipinski definition) is 2. The van der Waals surface area contributed by atoms with Crippen molar-refractivity contribution in [2.45, 2.75) is 32.9 Å². The lowest BCUT2D eigenvalue weighted by atomic mass is 10.2. The number of halogens is 2. The zero-order valence-electron chi connectivity index (χ0n) is 14.8. The van der Waals surface area contributed by atoms with Gasteiger partial charge in [-0.05, 0) is 42.9 Å². The fourth-order valence-corrected chi connectivity index (χ4v) is 3.06. The summed E-state index contributed by atoms with van der Waals surface area (Å²) in [5, 5.41) is 7.61. The summed E-state index contributed by atoms with van der Waals surface area (Å²) in [6.07, 6.45) is 1.75. The Morgan fingerprint density at radius 1 is 1.26 bits per heavy atom. The number of nitrogens with one attached hydrogen (secondary N) is 2. The number of benzene rings is 2. The highest BCUT2D eigenvalue weighted by Gasteiger charge is 2.10. The fraction of sp³-hybridized carbons (Fsp3) is 0.263. The third-order valence-electron chi connectivity index (χ3n) is 4.01. The van der Waals surface area contributed by atoms with E-state index in [0.717, 1.165) is 24.2 Å². The molecule has 0 saturated carbocycles. The molecule has 5 nitrogen and oxygen atoms in total. The van der Waals surface area contributed by atoms with Gasteiger partial charge < -0.3 is 10.2 Å². The van der Waals surface area contributed by atoms with Gasteiger partial charge in [0.05, 0.1) is 6.54 Å². The SMILES string of the molecule is CCCc1n[nH]c(=S)n1NCc1cc(Cl)ccc1OCc1ccccc1F. The molecule has 8 heteroatoms. The largest absolute Gasteiger partial charge is 0.488 e. The van der Waals surface area contributed by atoms with Gasteiger partial charge in [-0.25, -0.2) is 9.07 Å². The zero-order valence-corrected chi connectivity index (χ0v) is 16.4. The van der Waals surface area contributed by atoms with Gasteiger partial charge in [-0.15, -0.1) is 0 Å². The third-order valence-corrected chi connectivity index (χ3v) is 4.52. The highest BCUT2D eigenvalue weighted by molar-refractivity contribution is 7.71. The number of aryl methyl sites for hydroxylation is 1. The first kappa shape index (κ1) is 19.4. The maximum Gasteiger partial charge on any atom is 0.214 e. The predicted octanol–water partition coefficient (Wildman–Crippen LogP) is 5.01. The molecule has 2 aromatic carbocycles. The van der Waals surface area contributed by atoms with Gasteiger partial charge in [0.25, 0.3) is 0 Å². The fourth-order valence-electron chi connectivity index (χ4n) is 2.65. The van der Waals surface area contributed by atoms with E-state index in [1.54, 1.807) is 35.0 Å². The maximum absolute atomic E-state index is 13.8. The van der Waals surface area contributed by atoms with E-state index >= 15 is 0 Å². The van der Waals surface area contributed by atoms with Crippen molar-refractivity contribution in [1.29, 1.82) is 0 Å². The highest BCUT2D eigenvalue weighted by Crippen LogP contribution is 2.24. The second kappa shape index (κ2) is 9.01. The second-order valence-electron chi connectivity index (χ2n) is 6.00. The number of nitrogens with zero attached hydrogens (tertiary/aromatic N) is 2. The first-order valence-electron chi connectivity index (χ1n) is 8.63. The molecule has 0 aliphatic rings. The van der Waals surface area contributed by atoms with Gasteiger partial charge in [-0.2, -0.15) is 5.10 Å². The molecular formula is C19H20ClFN4OS. The van der Waals surface area contributed by atoms with Crippen LogP contribution in [0.2, 0.25) is 5.02 Å². The monoisotopic (exact) mass is 406 g/mol. The van der Waals surface area contributed by atoms with Crippen molar-refractivity contribution in [1.82, 2.24) is 14.9 Å². The van der Waals surface area contributed by atoms with Gasteiger partial charge in [-0.1, -0.05) is 36.7 Å². The predicted molar refractivity (Wildman–Crippen MR) is 107 cm³/mol. The summed E-state index contributed by atoms with van der Waals surface area (Å²) in [6, 6.07) is 11.9. The molecule has 27 heavy (non-hydrogen) atoms. The van der Waals surface area contributed by atoms with Crippen molar-refractivity contribution in [2.24, 2.45) is 0 Å². The van der Waals surface area contributed by atoms with E-state index in [9.17, 15) is 4.39 Å². The minimum atomic E-state index is -0.292. The Hall–Kier alpha value is -2.38. The van der Waals surface area contributed by atoms with Gasteiger partial charge in [0.2, 0.25) is 4.77 Å². The summed E-state index contributed by atoms with van der Waals surface area (Å²) in [5.41, 5.74) is 4.58. The van der Waals surface area contributed by atoms with E-state index in [0.29, 0.717) is 27.7 Å². The molecule has 2 N–H and O–H groups in total. The molecule has 0 fully saturated rings. The van der Waals surface area contributed by atoms with Crippen LogP contribution in [0.5, 0.6) is 5.75 Å². The van der Waals surface area contributed by atoms with Crippen molar-refractivity contribution >= 4 is 23.8 Å². The van der Waals surface area contributed by atoms with Gasteiger partial charge >= 0.3 is 0 Å². The Balaban J connectivity index is 1.76. The van der Waals surface area contributed by atoms with Crippen LogP contribution < -0.4 is 10.2 Å². The van der Waals surface area contributed by atoms with E-state index in [4.69, 9.17) is 28.6 Å². The average Bonchev–Trinajstić information content (AvgIpc) is 3.00. The average molecular weight is 407 g/mol. The summed E-state index contributed by atoms with van der Waals surface area (Å²) in [6.45, 7) is 2.64. The molecule has 0 amide bonds.